The fraction of sp³-hybridized carbons (Fsp3) is 0. The maximum absolute atomic E-state index is 9.46. The van der Waals surface area contributed by atoms with Crippen LogP contribution in [0.1, 0.15) is 0 Å². The van der Waals surface area contributed by atoms with Gasteiger partial charge >= 0.3 is 0 Å². The molecule has 1 heterocycles. The summed E-state index contributed by atoms with van der Waals surface area (Å²) in [7, 11) is 0. The minimum atomic E-state index is -0.155. The molecule has 3 nitrogen and oxygen atoms in total. The number of benzene rings is 1. The van der Waals surface area contributed by atoms with Crippen molar-refractivity contribution in [2.45, 2.75) is 0 Å². The molecule has 2 aromatic rings. The molecule has 0 saturated carbocycles. The Morgan fingerprint density at radius 2 is 1.85 bits per heavy atom. The molecule has 0 amide bonds. The maximum atomic E-state index is 9.46. The Morgan fingerprint density at radius 3 is 2.54 bits per heavy atom. The highest BCUT2D eigenvalue weighted by Gasteiger charge is 2.09. The van der Waals surface area contributed by atoms with Gasteiger partial charge in [0.25, 0.3) is 0 Å². The van der Waals surface area contributed by atoms with Gasteiger partial charge in [0.1, 0.15) is 5.76 Å². The van der Waals surface area contributed by atoms with Gasteiger partial charge in [-0.1, -0.05) is 6.07 Å². The van der Waals surface area contributed by atoms with E-state index in [4.69, 9.17) is 4.42 Å². The number of furan rings is 1. The van der Waals surface area contributed by atoms with Gasteiger partial charge in [-0.2, -0.15) is 0 Å². The molecular weight excluding hydrogens is 168 g/mol. The molecule has 2 N–H and O–H groups in total. The van der Waals surface area contributed by atoms with Crippen molar-refractivity contribution in [3.05, 3.63) is 36.6 Å². The second-order valence-electron chi connectivity index (χ2n) is 2.65. The molecule has 13 heavy (non-hydrogen) atoms. The number of hydrogen-bond acceptors (Lipinski definition) is 3. The zero-order chi connectivity index (χ0) is 9.26. The van der Waals surface area contributed by atoms with E-state index < -0.39 is 0 Å². The molecule has 0 atom stereocenters. The van der Waals surface area contributed by atoms with E-state index in [-0.39, 0.29) is 11.5 Å². The zero-order valence-electron chi connectivity index (χ0n) is 6.77. The summed E-state index contributed by atoms with van der Waals surface area (Å²) in [6.07, 6.45) is 1.51. The van der Waals surface area contributed by atoms with Crippen molar-refractivity contribution < 1.29 is 14.6 Å². The summed E-state index contributed by atoms with van der Waals surface area (Å²) in [5.74, 6) is 0.236. The standard InChI is InChI=1S/C10H8O3/c11-8-4-1-3-7(10(8)12)9-5-2-6-13-9/h1-6,11-12H. The van der Waals surface area contributed by atoms with Crippen LogP contribution in [0.15, 0.2) is 41.0 Å². The zero-order valence-corrected chi connectivity index (χ0v) is 6.77. The quantitative estimate of drug-likeness (QED) is 0.656. The van der Waals surface area contributed by atoms with Crippen LogP contribution >= 0.6 is 0 Å². The van der Waals surface area contributed by atoms with Crippen LogP contribution in [0.3, 0.4) is 0 Å². The van der Waals surface area contributed by atoms with Crippen LogP contribution in [-0.4, -0.2) is 10.2 Å². The van der Waals surface area contributed by atoms with Crippen molar-refractivity contribution in [3.63, 3.8) is 0 Å². The van der Waals surface area contributed by atoms with Crippen molar-refractivity contribution >= 4 is 0 Å². The molecular formula is C10H8O3. The summed E-state index contributed by atoms with van der Waals surface area (Å²) in [6, 6.07) is 8.18. The Balaban J connectivity index is 2.59. The van der Waals surface area contributed by atoms with Crippen LogP contribution in [0.4, 0.5) is 0 Å². The van der Waals surface area contributed by atoms with Crippen LogP contribution in [0.5, 0.6) is 11.5 Å². The summed E-state index contributed by atoms with van der Waals surface area (Å²) in [4.78, 5) is 0. The molecule has 3 heteroatoms. The number of phenolic OH excluding ortho intramolecular Hbond substituents is 2. The molecule has 0 aliphatic rings. The molecule has 0 bridgehead atoms. The fourth-order valence-electron chi connectivity index (χ4n) is 1.16. The summed E-state index contributed by atoms with van der Waals surface area (Å²) >= 11 is 0. The van der Waals surface area contributed by atoms with Crippen molar-refractivity contribution in [2.75, 3.05) is 0 Å². The third kappa shape index (κ3) is 1.24. The third-order valence-electron chi connectivity index (χ3n) is 1.80. The lowest BCUT2D eigenvalue weighted by Crippen LogP contribution is -1.75. The van der Waals surface area contributed by atoms with Crippen LogP contribution in [0.25, 0.3) is 11.3 Å². The van der Waals surface area contributed by atoms with Crippen LogP contribution < -0.4 is 0 Å². The predicted molar refractivity (Wildman–Crippen MR) is 47.5 cm³/mol. The normalized spacial score (nSPS) is 10.2. The van der Waals surface area contributed by atoms with E-state index in [1.165, 1.54) is 12.3 Å². The smallest absolute Gasteiger partial charge is 0.168 e. The molecule has 0 saturated heterocycles. The number of aromatic hydroxyl groups is 2. The number of rotatable bonds is 1. The largest absolute Gasteiger partial charge is 0.504 e. The number of para-hydroxylation sites is 1. The van der Waals surface area contributed by atoms with E-state index in [9.17, 15) is 10.2 Å². The Morgan fingerprint density at radius 1 is 1.00 bits per heavy atom. The van der Waals surface area contributed by atoms with Crippen molar-refractivity contribution in [2.24, 2.45) is 0 Å². The SMILES string of the molecule is Oc1cccc(-c2ccco2)c1O. The minimum absolute atomic E-state index is 0.145. The Labute approximate surface area is 74.9 Å². The molecule has 66 valence electrons. The second-order valence-corrected chi connectivity index (χ2v) is 2.65. The molecule has 2 rings (SSSR count). The van der Waals surface area contributed by atoms with Gasteiger partial charge in [0, 0.05) is 0 Å². The predicted octanol–water partition coefficient (Wildman–Crippen LogP) is 2.36. The number of phenols is 2. The topological polar surface area (TPSA) is 53.6 Å². The lowest BCUT2D eigenvalue weighted by atomic mass is 10.1. The minimum Gasteiger partial charge on any atom is -0.504 e. The first-order valence-electron chi connectivity index (χ1n) is 3.84. The molecule has 0 aliphatic heterocycles. The lowest BCUT2D eigenvalue weighted by Gasteiger charge is -2.01. The van der Waals surface area contributed by atoms with Crippen LogP contribution in [0.2, 0.25) is 0 Å². The second kappa shape index (κ2) is 2.86. The summed E-state index contributed by atoms with van der Waals surface area (Å²) in [5, 5.41) is 18.7. The fourth-order valence-corrected chi connectivity index (χ4v) is 1.16. The van der Waals surface area contributed by atoms with Crippen LogP contribution in [-0.2, 0) is 0 Å². The highest BCUT2D eigenvalue weighted by molar-refractivity contribution is 5.68. The Kier molecular flexibility index (Phi) is 1.70. The Hall–Kier alpha value is -1.90. The molecule has 0 spiro atoms. The van der Waals surface area contributed by atoms with Gasteiger partial charge in [-0.05, 0) is 24.3 Å². The van der Waals surface area contributed by atoms with E-state index in [0.29, 0.717) is 11.3 Å². The van der Waals surface area contributed by atoms with Crippen molar-refractivity contribution in [1.82, 2.24) is 0 Å². The van der Waals surface area contributed by atoms with Crippen molar-refractivity contribution in [1.29, 1.82) is 0 Å². The van der Waals surface area contributed by atoms with Gasteiger partial charge in [-0.25, -0.2) is 0 Å². The number of hydrogen-bond donors (Lipinski definition) is 2. The van der Waals surface area contributed by atoms with Gasteiger partial charge in [-0.15, -0.1) is 0 Å². The first-order chi connectivity index (χ1) is 6.29. The molecule has 0 aliphatic carbocycles. The van der Waals surface area contributed by atoms with E-state index in [1.54, 1.807) is 24.3 Å². The third-order valence-corrected chi connectivity index (χ3v) is 1.80. The summed E-state index contributed by atoms with van der Waals surface area (Å²) < 4.78 is 5.08. The van der Waals surface area contributed by atoms with E-state index in [2.05, 4.69) is 0 Å². The van der Waals surface area contributed by atoms with Crippen LogP contribution in [0, 0.1) is 0 Å². The van der Waals surface area contributed by atoms with Gasteiger partial charge in [0.2, 0.25) is 0 Å². The van der Waals surface area contributed by atoms with E-state index in [0.717, 1.165) is 0 Å². The maximum Gasteiger partial charge on any atom is 0.168 e. The molecule has 0 fully saturated rings. The van der Waals surface area contributed by atoms with E-state index in [1.807, 2.05) is 0 Å². The van der Waals surface area contributed by atoms with Gasteiger partial charge in [0.15, 0.2) is 11.5 Å². The van der Waals surface area contributed by atoms with Gasteiger partial charge < -0.3 is 14.6 Å². The van der Waals surface area contributed by atoms with E-state index >= 15 is 0 Å². The molecule has 1 aromatic carbocycles. The first-order valence-corrected chi connectivity index (χ1v) is 3.84. The molecule has 1 aromatic heterocycles. The van der Waals surface area contributed by atoms with Gasteiger partial charge in [-0.3, -0.25) is 0 Å². The monoisotopic (exact) mass is 176 g/mol. The molecule has 0 radical (unpaired) electrons. The Bertz CT molecular complexity index is 404. The molecule has 0 unspecified atom stereocenters. The summed E-state index contributed by atoms with van der Waals surface area (Å²) in [6.45, 7) is 0. The first kappa shape index (κ1) is 7.73. The highest BCUT2D eigenvalue weighted by Crippen LogP contribution is 2.35. The van der Waals surface area contributed by atoms with Crippen molar-refractivity contribution in [3.8, 4) is 22.8 Å². The average Bonchev–Trinajstić information content (AvgIpc) is 2.62. The highest BCUT2D eigenvalue weighted by atomic mass is 16.3. The van der Waals surface area contributed by atoms with Gasteiger partial charge in [0.05, 0.1) is 11.8 Å². The summed E-state index contributed by atoms with van der Waals surface area (Å²) in [5.41, 5.74) is 0.491. The average molecular weight is 176 g/mol. The lowest BCUT2D eigenvalue weighted by molar-refractivity contribution is 0.403.